The molecule has 0 aliphatic heterocycles. The lowest BCUT2D eigenvalue weighted by molar-refractivity contribution is -0.139. The van der Waals surface area contributed by atoms with Crippen molar-refractivity contribution in [3.05, 3.63) is 0 Å². The maximum absolute atomic E-state index is 11.8. The number of sulfone groups is 1. The number of rotatable bonds is 7. The van der Waals surface area contributed by atoms with E-state index >= 15 is 0 Å². The van der Waals surface area contributed by atoms with Crippen molar-refractivity contribution in [1.29, 1.82) is 0 Å². The summed E-state index contributed by atoms with van der Waals surface area (Å²) in [6.45, 7) is 0. The van der Waals surface area contributed by atoms with Gasteiger partial charge >= 0.3 is 12.0 Å². The molecule has 0 heterocycles. The molecule has 0 bridgehead atoms. The van der Waals surface area contributed by atoms with E-state index in [9.17, 15) is 18.0 Å². The minimum absolute atomic E-state index is 0.0480. The van der Waals surface area contributed by atoms with Crippen molar-refractivity contribution >= 4 is 33.6 Å². The summed E-state index contributed by atoms with van der Waals surface area (Å²) < 4.78 is 22.1. The van der Waals surface area contributed by atoms with E-state index in [2.05, 4.69) is 10.6 Å². The van der Waals surface area contributed by atoms with Gasteiger partial charge in [0.1, 0.15) is 15.9 Å². The third kappa shape index (κ3) is 7.03. The van der Waals surface area contributed by atoms with Crippen LogP contribution in [-0.4, -0.2) is 61.1 Å². The van der Waals surface area contributed by atoms with Gasteiger partial charge in [0.25, 0.3) is 0 Å². The van der Waals surface area contributed by atoms with Crippen molar-refractivity contribution in [1.82, 2.24) is 10.6 Å². The van der Waals surface area contributed by atoms with Crippen LogP contribution in [0.4, 0.5) is 4.79 Å². The number of carboxylic acids is 1. The fourth-order valence-electron chi connectivity index (χ4n) is 2.26. The van der Waals surface area contributed by atoms with Gasteiger partial charge in [-0.15, -0.1) is 0 Å². The van der Waals surface area contributed by atoms with Gasteiger partial charge in [-0.2, -0.15) is 11.8 Å². The summed E-state index contributed by atoms with van der Waals surface area (Å²) in [6.07, 6.45) is 5.70. The highest BCUT2D eigenvalue weighted by molar-refractivity contribution is 7.99. The van der Waals surface area contributed by atoms with Gasteiger partial charge in [-0.1, -0.05) is 0 Å². The monoisotopic (exact) mass is 338 g/mol. The van der Waals surface area contributed by atoms with Crippen molar-refractivity contribution in [3.8, 4) is 0 Å². The minimum Gasteiger partial charge on any atom is -0.480 e. The number of thioether (sulfide) groups is 1. The van der Waals surface area contributed by atoms with Crippen molar-refractivity contribution in [2.45, 2.75) is 43.0 Å². The third-order valence-electron chi connectivity index (χ3n) is 3.43. The zero-order chi connectivity index (χ0) is 16.0. The molecule has 2 amide bonds. The van der Waals surface area contributed by atoms with Gasteiger partial charge in [0.05, 0.1) is 5.75 Å². The Labute approximate surface area is 129 Å². The number of carboxylic acid groups (broad SMARTS) is 1. The Morgan fingerprint density at radius 1 is 1.38 bits per heavy atom. The molecule has 1 saturated carbocycles. The van der Waals surface area contributed by atoms with Crippen LogP contribution in [0.25, 0.3) is 0 Å². The maximum Gasteiger partial charge on any atom is 0.326 e. The average molecular weight is 338 g/mol. The molecular formula is C12H22N2O5S2. The molecule has 3 N–H and O–H groups in total. The number of aliphatic carboxylic acids is 1. The summed E-state index contributed by atoms with van der Waals surface area (Å²) in [7, 11) is -3.26. The van der Waals surface area contributed by atoms with Gasteiger partial charge < -0.3 is 15.7 Å². The van der Waals surface area contributed by atoms with Crippen LogP contribution in [-0.2, 0) is 14.6 Å². The summed E-state index contributed by atoms with van der Waals surface area (Å²) in [4.78, 5) is 22.8. The molecule has 1 fully saturated rings. The van der Waals surface area contributed by atoms with E-state index in [-0.39, 0.29) is 18.2 Å². The first-order chi connectivity index (χ1) is 9.71. The highest BCUT2D eigenvalue weighted by Gasteiger charge is 2.27. The van der Waals surface area contributed by atoms with E-state index in [1.165, 1.54) is 0 Å². The molecular weight excluding hydrogens is 316 g/mol. The van der Waals surface area contributed by atoms with Crippen LogP contribution in [0.5, 0.6) is 0 Å². The van der Waals surface area contributed by atoms with Crippen LogP contribution in [0.1, 0.15) is 25.7 Å². The number of hydrogen-bond acceptors (Lipinski definition) is 5. The summed E-state index contributed by atoms with van der Waals surface area (Å²) in [6, 6.07) is -1.70. The van der Waals surface area contributed by atoms with Crippen LogP contribution >= 0.6 is 11.8 Å². The molecule has 0 aromatic heterocycles. The zero-order valence-corrected chi connectivity index (χ0v) is 13.8. The van der Waals surface area contributed by atoms with E-state index in [1.54, 1.807) is 11.8 Å². The molecule has 1 rings (SSSR count). The molecule has 1 aliphatic rings. The topological polar surface area (TPSA) is 113 Å². The third-order valence-corrected chi connectivity index (χ3v) is 5.51. The zero-order valence-electron chi connectivity index (χ0n) is 12.2. The Kier molecular flexibility index (Phi) is 6.79. The Bertz CT molecular complexity index is 480. The van der Waals surface area contributed by atoms with Crippen molar-refractivity contribution < 1.29 is 23.1 Å². The highest BCUT2D eigenvalue weighted by Crippen LogP contribution is 2.27. The van der Waals surface area contributed by atoms with Gasteiger partial charge in [0, 0.05) is 17.5 Å². The second kappa shape index (κ2) is 7.88. The molecule has 0 saturated heterocycles. The first-order valence-electron chi connectivity index (χ1n) is 6.71. The summed E-state index contributed by atoms with van der Waals surface area (Å²) in [5.41, 5.74) is 0. The Morgan fingerprint density at radius 3 is 2.52 bits per heavy atom. The normalized spacial score (nSPS) is 23.5. The summed E-state index contributed by atoms with van der Waals surface area (Å²) >= 11 is 1.76. The molecule has 0 radical (unpaired) electrons. The van der Waals surface area contributed by atoms with Gasteiger partial charge in [0.15, 0.2) is 0 Å². The molecule has 21 heavy (non-hydrogen) atoms. The molecule has 3 unspecified atom stereocenters. The Hall–Kier alpha value is -0.960. The number of hydrogen-bond donors (Lipinski definition) is 3. The van der Waals surface area contributed by atoms with E-state index in [1.807, 2.05) is 6.26 Å². The molecule has 0 spiro atoms. The van der Waals surface area contributed by atoms with E-state index < -0.39 is 27.9 Å². The predicted octanol–water partition coefficient (Wildman–Crippen LogP) is 0.458. The number of carbonyl (C=O) groups is 2. The molecule has 9 heteroatoms. The second-order valence-corrected chi connectivity index (χ2v) is 8.69. The molecule has 0 aromatic carbocycles. The van der Waals surface area contributed by atoms with Gasteiger partial charge in [-0.05, 0) is 31.9 Å². The van der Waals surface area contributed by atoms with E-state index in [0.29, 0.717) is 5.25 Å². The SMILES string of the molecule is CSC1CCC(NC(=O)NC(CCS(C)(=O)=O)C(=O)O)C1. The largest absolute Gasteiger partial charge is 0.480 e. The molecule has 1 aliphatic carbocycles. The number of amides is 2. The van der Waals surface area contributed by atoms with Crippen LogP contribution in [0.2, 0.25) is 0 Å². The average Bonchev–Trinajstić information content (AvgIpc) is 2.80. The number of carbonyl (C=O) groups excluding carboxylic acids is 1. The van der Waals surface area contributed by atoms with E-state index in [4.69, 9.17) is 5.11 Å². The van der Waals surface area contributed by atoms with E-state index in [0.717, 1.165) is 25.5 Å². The highest BCUT2D eigenvalue weighted by atomic mass is 32.2. The maximum atomic E-state index is 11.8. The fourth-order valence-corrected chi connectivity index (χ4v) is 3.72. The Morgan fingerprint density at radius 2 is 2.05 bits per heavy atom. The second-order valence-electron chi connectivity index (χ2n) is 5.29. The van der Waals surface area contributed by atoms with Gasteiger partial charge in [-0.3, -0.25) is 0 Å². The Balaban J connectivity index is 2.44. The van der Waals surface area contributed by atoms with Crippen LogP contribution < -0.4 is 10.6 Å². The quantitative estimate of drug-likeness (QED) is 0.621. The number of urea groups is 1. The predicted molar refractivity (Wildman–Crippen MR) is 82.4 cm³/mol. The minimum atomic E-state index is -3.26. The summed E-state index contributed by atoms with van der Waals surface area (Å²) in [5, 5.41) is 14.6. The van der Waals surface area contributed by atoms with Crippen LogP contribution in [0, 0.1) is 0 Å². The smallest absolute Gasteiger partial charge is 0.326 e. The van der Waals surface area contributed by atoms with Gasteiger partial charge in [0.2, 0.25) is 0 Å². The fraction of sp³-hybridized carbons (Fsp3) is 0.833. The molecule has 7 nitrogen and oxygen atoms in total. The summed E-state index contributed by atoms with van der Waals surface area (Å²) in [5.74, 6) is -1.51. The number of nitrogens with one attached hydrogen (secondary N) is 2. The standard InChI is InChI=1S/C12H22N2O5S2/c1-20-9-4-3-8(7-9)13-12(17)14-10(11(15)16)5-6-21(2,18)19/h8-10H,3-7H2,1-2H3,(H,15,16)(H2,13,14,17). The lowest BCUT2D eigenvalue weighted by Crippen LogP contribution is -2.49. The first-order valence-corrected chi connectivity index (χ1v) is 10.1. The van der Waals surface area contributed by atoms with Gasteiger partial charge in [-0.25, -0.2) is 18.0 Å². The lowest BCUT2D eigenvalue weighted by atomic mass is 10.2. The lowest BCUT2D eigenvalue weighted by Gasteiger charge is -2.17. The first kappa shape index (κ1) is 18.1. The van der Waals surface area contributed by atoms with Crippen molar-refractivity contribution in [2.75, 3.05) is 18.3 Å². The van der Waals surface area contributed by atoms with Crippen LogP contribution in [0.15, 0.2) is 0 Å². The van der Waals surface area contributed by atoms with Crippen molar-refractivity contribution in [2.24, 2.45) is 0 Å². The van der Waals surface area contributed by atoms with Crippen LogP contribution in [0.3, 0.4) is 0 Å². The molecule has 122 valence electrons. The molecule has 3 atom stereocenters. The molecule has 0 aromatic rings. The van der Waals surface area contributed by atoms with Crippen molar-refractivity contribution in [3.63, 3.8) is 0 Å².